The number of primary amides is 1. The van der Waals surface area contributed by atoms with E-state index in [2.05, 4.69) is 0 Å². The minimum atomic E-state index is -0.801. The number of nitrogens with zero attached hydrogens (tertiary/aromatic N) is 2. The Balaban J connectivity index is 2.21. The first-order chi connectivity index (χ1) is 10.5. The van der Waals surface area contributed by atoms with Gasteiger partial charge in [0, 0.05) is 20.0 Å². The molecule has 1 atom stereocenters. The number of benzene rings is 1. The van der Waals surface area contributed by atoms with Crippen molar-refractivity contribution < 1.29 is 19.1 Å². The summed E-state index contributed by atoms with van der Waals surface area (Å²) in [6.07, 6.45) is 0. The Bertz CT molecular complexity index is 602. The van der Waals surface area contributed by atoms with E-state index in [1.807, 2.05) is 0 Å². The van der Waals surface area contributed by atoms with Crippen molar-refractivity contribution in [2.75, 3.05) is 26.7 Å². The van der Waals surface area contributed by atoms with Gasteiger partial charge in [0.2, 0.25) is 11.8 Å². The lowest BCUT2D eigenvalue weighted by Gasteiger charge is -2.39. The van der Waals surface area contributed by atoms with Crippen molar-refractivity contribution in [1.29, 1.82) is 0 Å². The molecule has 1 unspecified atom stereocenters. The van der Waals surface area contributed by atoms with Crippen LogP contribution in [0.3, 0.4) is 0 Å². The molecule has 7 heteroatoms. The van der Waals surface area contributed by atoms with Crippen molar-refractivity contribution in [3.05, 3.63) is 29.8 Å². The average Bonchev–Trinajstić information content (AvgIpc) is 2.53. The molecule has 1 fully saturated rings. The molecule has 0 aromatic heterocycles. The Kier molecular flexibility index (Phi) is 4.65. The summed E-state index contributed by atoms with van der Waals surface area (Å²) < 4.78 is 5.19. The molecule has 1 heterocycles. The zero-order chi connectivity index (χ0) is 16.3. The zero-order valence-electron chi connectivity index (χ0n) is 12.6. The van der Waals surface area contributed by atoms with Gasteiger partial charge in [0.15, 0.2) is 0 Å². The molecule has 1 aliphatic heterocycles. The molecule has 2 rings (SSSR count). The highest BCUT2D eigenvalue weighted by atomic mass is 16.5. The Morgan fingerprint density at radius 2 is 1.91 bits per heavy atom. The molecule has 0 bridgehead atoms. The molecule has 118 valence electrons. The predicted octanol–water partition coefficient (Wildman–Crippen LogP) is -0.147. The molecule has 2 N–H and O–H groups in total. The fourth-order valence-corrected chi connectivity index (χ4v) is 2.58. The third kappa shape index (κ3) is 3.03. The smallest absolute Gasteiger partial charge is 0.257 e. The van der Waals surface area contributed by atoms with Crippen LogP contribution in [0.5, 0.6) is 5.75 Å². The molecule has 0 radical (unpaired) electrons. The molecule has 22 heavy (non-hydrogen) atoms. The molecule has 3 amide bonds. The maximum Gasteiger partial charge on any atom is 0.257 e. The highest BCUT2D eigenvalue weighted by Crippen LogP contribution is 2.21. The summed E-state index contributed by atoms with van der Waals surface area (Å²) in [6.45, 7) is 2.10. The summed E-state index contributed by atoms with van der Waals surface area (Å²) >= 11 is 0. The highest BCUT2D eigenvalue weighted by Gasteiger charge is 2.35. The lowest BCUT2D eigenvalue weighted by atomic mass is 10.1. The van der Waals surface area contributed by atoms with Crippen LogP contribution in [0.4, 0.5) is 0 Å². The third-order valence-electron chi connectivity index (χ3n) is 3.74. The second-order valence-corrected chi connectivity index (χ2v) is 5.08. The molecule has 7 nitrogen and oxygen atoms in total. The predicted molar refractivity (Wildman–Crippen MR) is 79.3 cm³/mol. The molecule has 1 aromatic rings. The van der Waals surface area contributed by atoms with Crippen LogP contribution in [0.25, 0.3) is 0 Å². The molecule has 1 aromatic carbocycles. The van der Waals surface area contributed by atoms with Gasteiger partial charge < -0.3 is 20.3 Å². The number of methoxy groups -OCH3 is 1. The second-order valence-electron chi connectivity index (χ2n) is 5.08. The molecular formula is C15H19N3O4. The van der Waals surface area contributed by atoms with Gasteiger partial charge in [-0.25, -0.2) is 0 Å². The van der Waals surface area contributed by atoms with E-state index in [0.717, 1.165) is 0 Å². The number of ether oxygens (including phenoxy) is 1. The number of carbonyl (C=O) groups is 3. The minimum Gasteiger partial charge on any atom is -0.496 e. The van der Waals surface area contributed by atoms with Gasteiger partial charge in [-0.15, -0.1) is 0 Å². The van der Waals surface area contributed by atoms with Gasteiger partial charge in [-0.3, -0.25) is 14.4 Å². The number of para-hydroxylation sites is 1. The number of nitrogens with two attached hydrogens (primary N) is 1. The summed E-state index contributed by atoms with van der Waals surface area (Å²) in [4.78, 5) is 38.7. The van der Waals surface area contributed by atoms with Gasteiger partial charge >= 0.3 is 0 Å². The van der Waals surface area contributed by atoms with Gasteiger partial charge in [0.1, 0.15) is 11.8 Å². The van der Waals surface area contributed by atoms with Crippen LogP contribution < -0.4 is 10.5 Å². The van der Waals surface area contributed by atoms with E-state index >= 15 is 0 Å². The van der Waals surface area contributed by atoms with E-state index in [-0.39, 0.29) is 24.9 Å². The Labute approximate surface area is 128 Å². The van der Waals surface area contributed by atoms with Crippen molar-refractivity contribution in [2.45, 2.75) is 13.0 Å². The van der Waals surface area contributed by atoms with Crippen LogP contribution in [-0.2, 0) is 9.59 Å². The van der Waals surface area contributed by atoms with E-state index in [9.17, 15) is 14.4 Å². The highest BCUT2D eigenvalue weighted by molar-refractivity contribution is 5.97. The fourth-order valence-electron chi connectivity index (χ4n) is 2.58. The Hall–Kier alpha value is -2.57. The number of rotatable bonds is 3. The Morgan fingerprint density at radius 3 is 2.50 bits per heavy atom. The third-order valence-corrected chi connectivity index (χ3v) is 3.74. The number of carbonyl (C=O) groups excluding carboxylic acids is 3. The lowest BCUT2D eigenvalue weighted by Crippen LogP contribution is -2.60. The van der Waals surface area contributed by atoms with Crippen molar-refractivity contribution in [3.63, 3.8) is 0 Å². The van der Waals surface area contributed by atoms with E-state index in [1.54, 1.807) is 24.3 Å². The number of piperazine rings is 1. The summed E-state index contributed by atoms with van der Waals surface area (Å²) in [5.74, 6) is -0.620. The SMILES string of the molecule is COc1ccccc1C(=O)N1CCN(C(C)=O)C(C(N)=O)C1. The first kappa shape index (κ1) is 15.8. The molecule has 1 saturated heterocycles. The summed E-state index contributed by atoms with van der Waals surface area (Å²) in [7, 11) is 1.49. The van der Waals surface area contributed by atoms with Crippen LogP contribution >= 0.6 is 0 Å². The quantitative estimate of drug-likeness (QED) is 0.840. The normalized spacial score (nSPS) is 18.0. The molecule has 0 saturated carbocycles. The van der Waals surface area contributed by atoms with Crippen molar-refractivity contribution in [2.24, 2.45) is 5.73 Å². The van der Waals surface area contributed by atoms with Gasteiger partial charge in [-0.1, -0.05) is 12.1 Å². The fraction of sp³-hybridized carbons (Fsp3) is 0.400. The van der Waals surface area contributed by atoms with E-state index in [1.165, 1.54) is 23.8 Å². The van der Waals surface area contributed by atoms with Crippen LogP contribution in [0.2, 0.25) is 0 Å². The summed E-state index contributed by atoms with van der Waals surface area (Å²) in [5.41, 5.74) is 5.78. The van der Waals surface area contributed by atoms with Gasteiger partial charge in [-0.05, 0) is 12.1 Å². The second kappa shape index (κ2) is 6.46. The van der Waals surface area contributed by atoms with E-state index < -0.39 is 11.9 Å². The van der Waals surface area contributed by atoms with E-state index in [4.69, 9.17) is 10.5 Å². The molecule has 1 aliphatic rings. The lowest BCUT2D eigenvalue weighted by molar-refractivity contribution is -0.140. The number of hydrogen-bond acceptors (Lipinski definition) is 4. The number of hydrogen-bond donors (Lipinski definition) is 1. The molecule has 0 aliphatic carbocycles. The standard InChI is InChI=1S/C15H19N3O4/c1-10(19)18-8-7-17(9-12(18)14(16)20)15(21)11-5-3-4-6-13(11)22-2/h3-6,12H,7-9H2,1-2H3,(H2,16,20). The van der Waals surface area contributed by atoms with Gasteiger partial charge in [-0.2, -0.15) is 0 Å². The Morgan fingerprint density at radius 1 is 1.23 bits per heavy atom. The minimum absolute atomic E-state index is 0.0891. The maximum absolute atomic E-state index is 12.6. The zero-order valence-corrected chi connectivity index (χ0v) is 12.6. The van der Waals surface area contributed by atoms with Crippen LogP contribution in [-0.4, -0.2) is 60.3 Å². The largest absolute Gasteiger partial charge is 0.496 e. The molecular weight excluding hydrogens is 286 g/mol. The van der Waals surface area contributed by atoms with E-state index in [0.29, 0.717) is 17.9 Å². The maximum atomic E-state index is 12.6. The summed E-state index contributed by atoms with van der Waals surface area (Å²) in [6, 6.07) is 6.08. The first-order valence-corrected chi connectivity index (χ1v) is 6.94. The van der Waals surface area contributed by atoms with Crippen molar-refractivity contribution in [3.8, 4) is 5.75 Å². The van der Waals surface area contributed by atoms with Crippen molar-refractivity contribution in [1.82, 2.24) is 9.80 Å². The van der Waals surface area contributed by atoms with Crippen LogP contribution in [0.1, 0.15) is 17.3 Å². The molecule has 0 spiro atoms. The van der Waals surface area contributed by atoms with Gasteiger partial charge in [0.05, 0.1) is 19.2 Å². The topological polar surface area (TPSA) is 92.9 Å². The first-order valence-electron chi connectivity index (χ1n) is 6.94. The number of amides is 3. The van der Waals surface area contributed by atoms with Crippen LogP contribution in [0.15, 0.2) is 24.3 Å². The summed E-state index contributed by atoms with van der Waals surface area (Å²) in [5, 5.41) is 0. The van der Waals surface area contributed by atoms with Crippen molar-refractivity contribution >= 4 is 17.7 Å². The monoisotopic (exact) mass is 305 g/mol. The average molecular weight is 305 g/mol. The van der Waals surface area contributed by atoms with Crippen LogP contribution in [0, 0.1) is 0 Å². The van der Waals surface area contributed by atoms with Gasteiger partial charge in [0.25, 0.3) is 5.91 Å².